The summed E-state index contributed by atoms with van der Waals surface area (Å²) in [6.07, 6.45) is 5.58. The predicted molar refractivity (Wildman–Crippen MR) is 140 cm³/mol. The van der Waals surface area contributed by atoms with Gasteiger partial charge in [-0.15, -0.1) is 0 Å². The highest BCUT2D eigenvalue weighted by Crippen LogP contribution is 2.29. The summed E-state index contributed by atoms with van der Waals surface area (Å²) in [6, 6.07) is 14.4. The number of anilines is 1. The highest BCUT2D eigenvalue weighted by Gasteiger charge is 2.22. The number of nitrogens with zero attached hydrogens (tertiary/aromatic N) is 2. The van der Waals surface area contributed by atoms with Gasteiger partial charge in [-0.2, -0.15) is 5.10 Å². The maximum atomic E-state index is 12.4. The number of aromatic nitrogens is 2. The molecule has 2 amide bonds. The summed E-state index contributed by atoms with van der Waals surface area (Å²) in [6.45, 7) is 9.60. The summed E-state index contributed by atoms with van der Waals surface area (Å²) in [4.78, 5) is 24.4. The molecule has 0 atom stereocenters. The summed E-state index contributed by atoms with van der Waals surface area (Å²) in [7, 11) is 1.53. The molecule has 3 rings (SSSR count). The van der Waals surface area contributed by atoms with E-state index >= 15 is 0 Å². The number of nitrogens with one attached hydrogen (secondary N) is 1. The van der Waals surface area contributed by atoms with Gasteiger partial charge in [-0.05, 0) is 38.5 Å². The van der Waals surface area contributed by atoms with Crippen LogP contribution in [0, 0.1) is 0 Å². The Balaban J connectivity index is 0.000000784. The number of nitrogen functional groups attached to an aromatic ring is 1. The number of para-hydroxylation sites is 1. The van der Waals surface area contributed by atoms with E-state index in [9.17, 15) is 9.59 Å². The molecule has 0 fully saturated rings. The van der Waals surface area contributed by atoms with E-state index in [-0.39, 0.29) is 23.3 Å². The van der Waals surface area contributed by atoms with Crippen LogP contribution in [-0.2, 0) is 6.54 Å². The third-order valence-electron chi connectivity index (χ3n) is 5.04. The van der Waals surface area contributed by atoms with E-state index in [4.69, 9.17) is 16.2 Å². The molecule has 2 aromatic carbocycles. The second-order valence-electron chi connectivity index (χ2n) is 7.85. The summed E-state index contributed by atoms with van der Waals surface area (Å²) in [5.41, 5.74) is 14.3. The molecule has 8 nitrogen and oxygen atoms in total. The molecule has 184 valence electrons. The van der Waals surface area contributed by atoms with Gasteiger partial charge in [0, 0.05) is 18.2 Å². The fraction of sp³-hybridized carbons (Fsp3) is 0.222. The first-order valence-corrected chi connectivity index (χ1v) is 11.2. The maximum absolute atomic E-state index is 12.4. The van der Waals surface area contributed by atoms with Gasteiger partial charge in [0.05, 0.1) is 12.7 Å². The third-order valence-corrected chi connectivity index (χ3v) is 5.04. The second kappa shape index (κ2) is 12.8. The van der Waals surface area contributed by atoms with Gasteiger partial charge in [0.2, 0.25) is 0 Å². The van der Waals surface area contributed by atoms with Crippen LogP contribution in [0.4, 0.5) is 5.82 Å². The van der Waals surface area contributed by atoms with E-state index in [0.717, 1.165) is 11.1 Å². The quantitative estimate of drug-likeness (QED) is 0.414. The Morgan fingerprint density at radius 1 is 1.17 bits per heavy atom. The van der Waals surface area contributed by atoms with Crippen molar-refractivity contribution in [1.29, 1.82) is 0 Å². The molecule has 0 aliphatic rings. The van der Waals surface area contributed by atoms with Crippen LogP contribution >= 0.6 is 0 Å². The molecule has 0 unspecified atom stereocenters. The van der Waals surface area contributed by atoms with Crippen LogP contribution in [-0.4, -0.2) is 28.7 Å². The van der Waals surface area contributed by atoms with Gasteiger partial charge in [-0.1, -0.05) is 61.2 Å². The number of hydrogen-bond acceptors (Lipinski definition) is 5. The Morgan fingerprint density at radius 3 is 2.34 bits per heavy atom. The normalized spacial score (nSPS) is 10.5. The molecule has 3 aromatic rings. The monoisotopic (exact) mass is 475 g/mol. The van der Waals surface area contributed by atoms with Gasteiger partial charge >= 0.3 is 0 Å². The molecule has 0 radical (unpaired) electrons. The van der Waals surface area contributed by atoms with Gasteiger partial charge < -0.3 is 21.5 Å². The average molecular weight is 476 g/mol. The second-order valence-corrected chi connectivity index (χ2v) is 7.85. The third kappa shape index (κ3) is 6.83. The lowest BCUT2D eigenvalue weighted by atomic mass is 10.0. The van der Waals surface area contributed by atoms with Gasteiger partial charge in [0.25, 0.3) is 11.8 Å². The van der Waals surface area contributed by atoms with Crippen LogP contribution in [0.1, 0.15) is 53.1 Å². The van der Waals surface area contributed by atoms with Gasteiger partial charge in [-0.3, -0.25) is 9.59 Å². The number of primary amides is 1. The van der Waals surface area contributed by atoms with Crippen LogP contribution in [0.2, 0.25) is 0 Å². The molecule has 0 bridgehead atoms. The lowest BCUT2D eigenvalue weighted by molar-refractivity contribution is 0.0946. The van der Waals surface area contributed by atoms with Crippen molar-refractivity contribution in [3.63, 3.8) is 0 Å². The van der Waals surface area contributed by atoms with E-state index in [1.807, 2.05) is 63.3 Å². The van der Waals surface area contributed by atoms with Crippen molar-refractivity contribution in [2.24, 2.45) is 5.73 Å². The number of carbonyl (C=O) groups excluding carboxylic acids is 2. The van der Waals surface area contributed by atoms with E-state index in [1.165, 1.54) is 7.11 Å². The number of methoxy groups -OCH3 is 1. The Labute approximate surface area is 206 Å². The predicted octanol–water partition coefficient (Wildman–Crippen LogP) is 4.50. The zero-order valence-corrected chi connectivity index (χ0v) is 20.6. The van der Waals surface area contributed by atoms with Crippen LogP contribution in [0.15, 0.2) is 73.3 Å². The molecule has 5 N–H and O–H groups in total. The Kier molecular flexibility index (Phi) is 9.84. The molecular weight excluding hydrogens is 442 g/mol. The number of amides is 2. The number of hydrogen-bond donors (Lipinski definition) is 3. The summed E-state index contributed by atoms with van der Waals surface area (Å²) in [5.74, 6) is -0.0816. The smallest absolute Gasteiger partial charge is 0.255 e. The number of nitrogens with two attached hydrogens (primary N) is 2. The SMILES string of the molecule is C=C/C=C\C.COc1ccccc1C(=O)NCc1ccc(-c2nn(C(C)C)c(N)c2C(N)=O)cc1. The maximum Gasteiger partial charge on any atom is 0.255 e. The summed E-state index contributed by atoms with van der Waals surface area (Å²) >= 11 is 0. The number of allylic oxidation sites excluding steroid dienone is 3. The first kappa shape index (κ1) is 26.9. The van der Waals surface area contributed by atoms with Crippen molar-refractivity contribution < 1.29 is 14.3 Å². The highest BCUT2D eigenvalue weighted by molar-refractivity contribution is 6.03. The van der Waals surface area contributed by atoms with Crippen LogP contribution < -0.4 is 21.5 Å². The van der Waals surface area contributed by atoms with Gasteiger partial charge in [-0.25, -0.2) is 4.68 Å². The lowest BCUT2D eigenvalue weighted by Crippen LogP contribution is -2.23. The molecule has 0 saturated carbocycles. The van der Waals surface area contributed by atoms with Crippen LogP contribution in [0.5, 0.6) is 5.75 Å². The molecule has 1 aromatic heterocycles. The summed E-state index contributed by atoms with van der Waals surface area (Å²) < 4.78 is 6.80. The molecule has 1 heterocycles. The first-order chi connectivity index (χ1) is 16.7. The number of carbonyl (C=O) groups is 2. The summed E-state index contributed by atoms with van der Waals surface area (Å²) in [5, 5.41) is 7.34. The largest absolute Gasteiger partial charge is 0.496 e. The number of benzene rings is 2. The van der Waals surface area contributed by atoms with Crippen molar-refractivity contribution in [2.45, 2.75) is 33.4 Å². The van der Waals surface area contributed by atoms with Gasteiger partial charge in [0.15, 0.2) is 0 Å². The van der Waals surface area contributed by atoms with E-state index in [2.05, 4.69) is 17.0 Å². The lowest BCUT2D eigenvalue weighted by Gasteiger charge is -2.09. The minimum Gasteiger partial charge on any atom is -0.496 e. The standard InChI is InChI=1S/C22H25N5O3.C5H8/c1-13(2)27-20(23)18(21(24)28)19(26-27)15-10-8-14(9-11-15)12-25-22(29)16-6-4-5-7-17(16)30-3;1-3-5-4-2/h4-11,13H,12,23H2,1-3H3,(H2,24,28)(H,25,29);3-5H,1H2,2H3/b;5-4-. The number of rotatable bonds is 8. The molecule has 0 saturated heterocycles. The molecule has 0 aliphatic heterocycles. The molecule has 0 aliphatic carbocycles. The zero-order valence-electron chi connectivity index (χ0n) is 20.6. The Hall–Kier alpha value is -4.33. The van der Waals surface area contributed by atoms with Crippen LogP contribution in [0.3, 0.4) is 0 Å². The Morgan fingerprint density at radius 2 is 1.83 bits per heavy atom. The van der Waals surface area contributed by atoms with Crippen molar-refractivity contribution in [2.75, 3.05) is 12.8 Å². The molecule has 0 spiro atoms. The first-order valence-electron chi connectivity index (χ1n) is 11.2. The Bertz CT molecular complexity index is 1190. The minimum atomic E-state index is -0.623. The molecule has 35 heavy (non-hydrogen) atoms. The van der Waals surface area contributed by atoms with Crippen molar-refractivity contribution in [3.05, 3.63) is 90.0 Å². The van der Waals surface area contributed by atoms with Crippen molar-refractivity contribution in [3.8, 4) is 17.0 Å². The van der Waals surface area contributed by atoms with Crippen molar-refractivity contribution >= 4 is 17.6 Å². The van der Waals surface area contributed by atoms with E-state index in [1.54, 1.807) is 29.0 Å². The molecule has 8 heteroatoms. The van der Waals surface area contributed by atoms with Gasteiger partial charge in [0.1, 0.15) is 22.8 Å². The van der Waals surface area contributed by atoms with Crippen molar-refractivity contribution in [1.82, 2.24) is 15.1 Å². The molecular formula is C27H33N5O3. The fourth-order valence-corrected chi connectivity index (χ4v) is 3.31. The number of ether oxygens (including phenoxy) is 1. The minimum absolute atomic E-state index is 0.0127. The zero-order chi connectivity index (χ0) is 26.0. The highest BCUT2D eigenvalue weighted by atomic mass is 16.5. The fourth-order valence-electron chi connectivity index (χ4n) is 3.31. The van der Waals surface area contributed by atoms with E-state index < -0.39 is 5.91 Å². The van der Waals surface area contributed by atoms with Crippen LogP contribution in [0.25, 0.3) is 11.3 Å². The van der Waals surface area contributed by atoms with E-state index in [0.29, 0.717) is 23.6 Å². The topological polar surface area (TPSA) is 125 Å². The average Bonchev–Trinajstić information content (AvgIpc) is 3.21.